The summed E-state index contributed by atoms with van der Waals surface area (Å²) in [7, 11) is 0. The highest BCUT2D eigenvalue weighted by molar-refractivity contribution is 6.00. The minimum atomic E-state index is 0.796. The van der Waals surface area contributed by atoms with E-state index in [1.165, 1.54) is 0 Å². The van der Waals surface area contributed by atoms with Crippen molar-refractivity contribution in [1.29, 1.82) is 0 Å². The largest absolute Gasteiger partial charge is 0.411 e. The van der Waals surface area contributed by atoms with Gasteiger partial charge in [0.15, 0.2) is 0 Å². The third-order valence-corrected chi connectivity index (χ3v) is 1.84. The van der Waals surface area contributed by atoms with Crippen LogP contribution in [0.1, 0.15) is 12.1 Å². The van der Waals surface area contributed by atoms with Crippen LogP contribution in [0.15, 0.2) is 23.5 Å². The third-order valence-electron chi connectivity index (χ3n) is 1.84. The lowest BCUT2D eigenvalue weighted by molar-refractivity contribution is 0.318. The van der Waals surface area contributed by atoms with Gasteiger partial charge < -0.3 is 9.77 Å². The first kappa shape index (κ1) is 5.53. The molecule has 1 aromatic rings. The van der Waals surface area contributed by atoms with Crippen molar-refractivity contribution >= 4 is 5.71 Å². The van der Waals surface area contributed by atoms with Crippen LogP contribution in [0, 0.1) is 0 Å². The quantitative estimate of drug-likeness (QED) is 0.420. The maximum absolute atomic E-state index is 8.51. The molecular weight excluding hydrogens is 128 g/mol. The van der Waals surface area contributed by atoms with E-state index in [1.807, 2.05) is 18.3 Å². The maximum atomic E-state index is 8.51. The molecule has 52 valence electrons. The van der Waals surface area contributed by atoms with Gasteiger partial charge in [-0.05, 0) is 12.1 Å². The second-order valence-corrected chi connectivity index (χ2v) is 2.38. The van der Waals surface area contributed by atoms with Gasteiger partial charge >= 0.3 is 0 Å². The zero-order chi connectivity index (χ0) is 6.97. The van der Waals surface area contributed by atoms with Gasteiger partial charge in [0, 0.05) is 19.2 Å². The van der Waals surface area contributed by atoms with Crippen molar-refractivity contribution in [3.05, 3.63) is 24.0 Å². The molecule has 3 heteroatoms. The van der Waals surface area contributed by atoms with Gasteiger partial charge in [0.25, 0.3) is 0 Å². The van der Waals surface area contributed by atoms with Gasteiger partial charge in [-0.15, -0.1) is 0 Å². The molecule has 3 nitrogen and oxygen atoms in total. The van der Waals surface area contributed by atoms with E-state index >= 15 is 0 Å². The van der Waals surface area contributed by atoms with Gasteiger partial charge in [-0.2, -0.15) is 0 Å². The van der Waals surface area contributed by atoms with E-state index in [0.29, 0.717) is 0 Å². The Hall–Kier alpha value is -1.25. The molecule has 0 atom stereocenters. The Kier molecular flexibility index (Phi) is 1.03. The number of nitrogens with zero attached hydrogens (tertiary/aromatic N) is 2. The Morgan fingerprint density at radius 1 is 1.60 bits per heavy atom. The molecule has 0 bridgehead atoms. The molecule has 0 radical (unpaired) electrons. The molecule has 1 aliphatic heterocycles. The second-order valence-electron chi connectivity index (χ2n) is 2.38. The van der Waals surface area contributed by atoms with Crippen LogP contribution < -0.4 is 0 Å². The number of fused-ring (bicyclic) bond motifs is 1. The summed E-state index contributed by atoms with van der Waals surface area (Å²) in [4.78, 5) is 0. The molecule has 1 N–H and O–H groups in total. The van der Waals surface area contributed by atoms with E-state index in [0.717, 1.165) is 24.4 Å². The van der Waals surface area contributed by atoms with Crippen LogP contribution in [0.3, 0.4) is 0 Å². The predicted octanol–water partition coefficient (Wildman–Crippen LogP) is 1.07. The smallest absolute Gasteiger partial charge is 0.105 e. The van der Waals surface area contributed by atoms with Crippen LogP contribution >= 0.6 is 0 Å². The SMILES string of the molecule is O/N=C1/CCn2cccc21. The number of oxime groups is 1. The van der Waals surface area contributed by atoms with Crippen LogP contribution in [0.5, 0.6) is 0 Å². The average Bonchev–Trinajstić information content (AvgIpc) is 2.44. The average molecular weight is 136 g/mol. The van der Waals surface area contributed by atoms with Gasteiger partial charge in [-0.1, -0.05) is 5.16 Å². The van der Waals surface area contributed by atoms with Crippen molar-refractivity contribution in [1.82, 2.24) is 4.57 Å². The van der Waals surface area contributed by atoms with Gasteiger partial charge in [0.05, 0.1) is 5.69 Å². The summed E-state index contributed by atoms with van der Waals surface area (Å²) in [5.74, 6) is 0. The fourth-order valence-corrected chi connectivity index (χ4v) is 1.33. The molecule has 0 unspecified atom stereocenters. The molecule has 0 saturated carbocycles. The lowest BCUT2D eigenvalue weighted by Gasteiger charge is -1.90. The lowest BCUT2D eigenvalue weighted by atomic mass is 10.2. The van der Waals surface area contributed by atoms with Crippen LogP contribution in [0.2, 0.25) is 0 Å². The van der Waals surface area contributed by atoms with Crippen molar-refractivity contribution in [2.75, 3.05) is 0 Å². The number of aromatic nitrogens is 1. The maximum Gasteiger partial charge on any atom is 0.105 e. The standard InChI is InChI=1S/C7H8N2O/c10-8-6-3-5-9-4-1-2-7(6)9/h1-2,4,10H,3,5H2/b8-6-. The van der Waals surface area contributed by atoms with E-state index in [2.05, 4.69) is 9.72 Å². The lowest BCUT2D eigenvalue weighted by Crippen LogP contribution is -1.92. The van der Waals surface area contributed by atoms with E-state index < -0.39 is 0 Å². The Morgan fingerprint density at radius 3 is 3.30 bits per heavy atom. The Balaban J connectivity index is 2.53. The molecule has 0 fully saturated rings. The summed E-state index contributed by atoms with van der Waals surface area (Å²) >= 11 is 0. The molecule has 0 amide bonds. The highest BCUT2D eigenvalue weighted by atomic mass is 16.4. The first-order chi connectivity index (χ1) is 4.92. The predicted molar refractivity (Wildman–Crippen MR) is 37.4 cm³/mol. The Bertz CT molecular complexity index is 275. The van der Waals surface area contributed by atoms with Crippen molar-refractivity contribution in [3.8, 4) is 0 Å². The summed E-state index contributed by atoms with van der Waals surface area (Å²) in [6.07, 6.45) is 2.85. The summed E-state index contributed by atoms with van der Waals surface area (Å²) in [6, 6.07) is 3.92. The van der Waals surface area contributed by atoms with E-state index in [9.17, 15) is 0 Å². The third kappa shape index (κ3) is 0.572. The molecule has 0 spiro atoms. The molecule has 1 aromatic heterocycles. The minimum Gasteiger partial charge on any atom is -0.411 e. The molecule has 1 aliphatic rings. The summed E-state index contributed by atoms with van der Waals surface area (Å²) in [5, 5.41) is 11.7. The molecule has 2 heterocycles. The summed E-state index contributed by atoms with van der Waals surface area (Å²) < 4.78 is 2.08. The molecule has 0 aliphatic carbocycles. The number of rotatable bonds is 0. The molecule has 10 heavy (non-hydrogen) atoms. The number of hydrogen-bond acceptors (Lipinski definition) is 2. The first-order valence-corrected chi connectivity index (χ1v) is 3.28. The van der Waals surface area contributed by atoms with E-state index in [1.54, 1.807) is 0 Å². The van der Waals surface area contributed by atoms with Gasteiger partial charge in [-0.25, -0.2) is 0 Å². The van der Waals surface area contributed by atoms with Crippen LogP contribution in [0.25, 0.3) is 0 Å². The fraction of sp³-hybridized carbons (Fsp3) is 0.286. The van der Waals surface area contributed by atoms with Gasteiger partial charge in [0.1, 0.15) is 5.71 Å². The molecule has 0 saturated heterocycles. The highest BCUT2D eigenvalue weighted by Crippen LogP contribution is 2.14. The fourth-order valence-electron chi connectivity index (χ4n) is 1.33. The molecule has 2 rings (SSSR count). The van der Waals surface area contributed by atoms with Crippen LogP contribution in [0.4, 0.5) is 0 Å². The number of aryl methyl sites for hydroxylation is 1. The van der Waals surface area contributed by atoms with Crippen LogP contribution in [-0.2, 0) is 6.54 Å². The zero-order valence-corrected chi connectivity index (χ0v) is 5.49. The molecule has 0 aromatic carbocycles. The number of hydrogen-bond donors (Lipinski definition) is 1. The summed E-state index contributed by atoms with van der Waals surface area (Å²) in [6.45, 7) is 0.946. The normalized spacial score (nSPS) is 19.8. The molecular formula is C7H8N2O. The van der Waals surface area contributed by atoms with Crippen molar-refractivity contribution in [3.63, 3.8) is 0 Å². The van der Waals surface area contributed by atoms with Crippen molar-refractivity contribution in [2.24, 2.45) is 5.16 Å². The van der Waals surface area contributed by atoms with Crippen molar-refractivity contribution < 1.29 is 5.21 Å². The highest BCUT2D eigenvalue weighted by Gasteiger charge is 2.15. The summed E-state index contributed by atoms with van der Waals surface area (Å²) in [5.41, 5.74) is 1.84. The van der Waals surface area contributed by atoms with E-state index in [4.69, 9.17) is 5.21 Å². The van der Waals surface area contributed by atoms with Gasteiger partial charge in [0.2, 0.25) is 0 Å². The minimum absolute atomic E-state index is 0.796. The van der Waals surface area contributed by atoms with E-state index in [-0.39, 0.29) is 0 Å². The van der Waals surface area contributed by atoms with Crippen molar-refractivity contribution in [2.45, 2.75) is 13.0 Å². The Morgan fingerprint density at radius 2 is 2.50 bits per heavy atom. The monoisotopic (exact) mass is 136 g/mol. The topological polar surface area (TPSA) is 37.5 Å². The first-order valence-electron chi connectivity index (χ1n) is 3.28. The van der Waals surface area contributed by atoms with Crippen LogP contribution in [-0.4, -0.2) is 15.5 Å². The second kappa shape index (κ2) is 1.87. The zero-order valence-electron chi connectivity index (χ0n) is 5.49. The Labute approximate surface area is 58.6 Å². The van der Waals surface area contributed by atoms with Gasteiger partial charge in [-0.3, -0.25) is 0 Å².